The molecule has 1 aliphatic rings. The van der Waals surface area contributed by atoms with Crippen molar-refractivity contribution >= 4 is 5.91 Å². The third kappa shape index (κ3) is 6.57. The molecule has 1 aliphatic heterocycles. The fourth-order valence-electron chi connectivity index (χ4n) is 3.48. The van der Waals surface area contributed by atoms with Crippen molar-refractivity contribution in [1.82, 2.24) is 10.2 Å². The summed E-state index contributed by atoms with van der Waals surface area (Å²) in [7, 11) is 0. The minimum absolute atomic E-state index is 0.0951. The first-order valence-electron chi connectivity index (χ1n) is 10.7. The van der Waals surface area contributed by atoms with Crippen LogP contribution in [0.5, 0.6) is 5.75 Å². The maximum atomic E-state index is 12.5. The highest BCUT2D eigenvalue weighted by molar-refractivity contribution is 5.80. The molecule has 30 heavy (non-hydrogen) atoms. The molecule has 0 aliphatic carbocycles. The van der Waals surface area contributed by atoms with Gasteiger partial charge in [0.05, 0.1) is 13.2 Å². The van der Waals surface area contributed by atoms with Gasteiger partial charge in [-0.1, -0.05) is 57.2 Å². The van der Waals surface area contributed by atoms with Gasteiger partial charge in [0, 0.05) is 26.2 Å². The predicted octanol–water partition coefficient (Wildman–Crippen LogP) is 3.90. The average molecular weight is 411 g/mol. The zero-order valence-electron chi connectivity index (χ0n) is 18.6. The van der Waals surface area contributed by atoms with E-state index in [0.717, 1.165) is 38.4 Å². The molecule has 1 heterocycles. The van der Waals surface area contributed by atoms with E-state index in [-0.39, 0.29) is 11.3 Å². The summed E-state index contributed by atoms with van der Waals surface area (Å²) in [5.41, 5.74) is 3.68. The van der Waals surface area contributed by atoms with Gasteiger partial charge in [0.25, 0.3) is 5.91 Å². The summed E-state index contributed by atoms with van der Waals surface area (Å²) in [4.78, 5) is 14.9. The summed E-state index contributed by atoms with van der Waals surface area (Å²) in [6.07, 6.45) is -0.554. The van der Waals surface area contributed by atoms with Gasteiger partial charge in [-0.05, 0) is 41.2 Å². The van der Waals surface area contributed by atoms with Gasteiger partial charge in [0.1, 0.15) is 5.75 Å². The number of amides is 1. The summed E-state index contributed by atoms with van der Waals surface area (Å²) >= 11 is 0. The smallest absolute Gasteiger partial charge is 0.261 e. The number of carbonyl (C=O) groups is 1. The summed E-state index contributed by atoms with van der Waals surface area (Å²) in [5.74, 6) is 0.589. The van der Waals surface area contributed by atoms with Crippen LogP contribution in [0.4, 0.5) is 0 Å². The molecule has 0 bridgehead atoms. The molecule has 1 fully saturated rings. The van der Waals surface area contributed by atoms with Gasteiger partial charge in [-0.25, -0.2) is 0 Å². The quantitative estimate of drug-likeness (QED) is 0.752. The Balaban J connectivity index is 1.49. The Bertz CT molecular complexity index is 821. The topological polar surface area (TPSA) is 50.8 Å². The molecule has 0 radical (unpaired) electrons. The number of nitrogens with zero attached hydrogens (tertiary/aromatic N) is 1. The molecule has 2 aromatic rings. The maximum Gasteiger partial charge on any atom is 0.261 e. The second kappa shape index (κ2) is 10.1. The first-order chi connectivity index (χ1) is 14.3. The van der Waals surface area contributed by atoms with Crippen LogP contribution in [0.3, 0.4) is 0 Å². The molecule has 3 rings (SSSR count). The van der Waals surface area contributed by atoms with E-state index in [2.05, 4.69) is 55.3 Å². The Morgan fingerprint density at radius 1 is 1.10 bits per heavy atom. The van der Waals surface area contributed by atoms with Crippen LogP contribution in [0.1, 0.15) is 44.4 Å². The minimum Gasteiger partial charge on any atom is -0.481 e. The zero-order valence-corrected chi connectivity index (χ0v) is 18.6. The minimum atomic E-state index is -0.554. The van der Waals surface area contributed by atoms with Crippen molar-refractivity contribution in [1.29, 1.82) is 0 Å². The Kier molecular flexibility index (Phi) is 7.51. The molecular formula is C25H34N2O3. The molecule has 0 aromatic heterocycles. The maximum absolute atomic E-state index is 12.5. The number of carbonyl (C=O) groups excluding carboxylic acids is 1. The molecule has 0 unspecified atom stereocenters. The highest BCUT2D eigenvalue weighted by Gasteiger charge is 2.17. The summed E-state index contributed by atoms with van der Waals surface area (Å²) in [6, 6.07) is 16.4. The van der Waals surface area contributed by atoms with E-state index in [1.165, 1.54) is 11.1 Å². The van der Waals surface area contributed by atoms with E-state index < -0.39 is 6.10 Å². The van der Waals surface area contributed by atoms with Crippen LogP contribution in [0.25, 0.3) is 0 Å². The lowest BCUT2D eigenvalue weighted by Crippen LogP contribution is -2.36. The van der Waals surface area contributed by atoms with Crippen molar-refractivity contribution in [3.8, 4) is 5.75 Å². The first kappa shape index (κ1) is 22.3. The third-order valence-electron chi connectivity index (χ3n) is 5.37. The molecule has 5 heteroatoms. The van der Waals surface area contributed by atoms with E-state index in [1.54, 1.807) is 6.92 Å². The van der Waals surface area contributed by atoms with Gasteiger partial charge < -0.3 is 14.8 Å². The zero-order chi connectivity index (χ0) is 21.6. The number of benzene rings is 2. The van der Waals surface area contributed by atoms with Crippen molar-refractivity contribution in [3.63, 3.8) is 0 Å². The second-order valence-electron chi connectivity index (χ2n) is 8.96. The van der Waals surface area contributed by atoms with Crippen molar-refractivity contribution < 1.29 is 14.3 Å². The van der Waals surface area contributed by atoms with Crippen LogP contribution in [0, 0.1) is 0 Å². The van der Waals surface area contributed by atoms with Crippen LogP contribution in [0.15, 0.2) is 48.5 Å². The van der Waals surface area contributed by atoms with E-state index in [4.69, 9.17) is 9.47 Å². The van der Waals surface area contributed by atoms with Gasteiger partial charge in [-0.2, -0.15) is 0 Å². The van der Waals surface area contributed by atoms with Crippen molar-refractivity contribution in [2.75, 3.05) is 26.3 Å². The normalized spacial score (nSPS) is 16.1. The molecular weight excluding hydrogens is 376 g/mol. The van der Waals surface area contributed by atoms with Crippen LogP contribution in [0.2, 0.25) is 0 Å². The van der Waals surface area contributed by atoms with Crippen LogP contribution < -0.4 is 10.1 Å². The second-order valence-corrected chi connectivity index (χ2v) is 8.96. The molecule has 1 saturated heterocycles. The van der Waals surface area contributed by atoms with Gasteiger partial charge in [-0.15, -0.1) is 0 Å². The molecule has 5 nitrogen and oxygen atoms in total. The largest absolute Gasteiger partial charge is 0.481 e. The van der Waals surface area contributed by atoms with Gasteiger partial charge in [0.2, 0.25) is 0 Å². The number of ether oxygens (including phenoxy) is 2. The van der Waals surface area contributed by atoms with Crippen LogP contribution in [-0.4, -0.2) is 43.2 Å². The van der Waals surface area contributed by atoms with Crippen molar-refractivity contribution in [3.05, 3.63) is 65.2 Å². The van der Waals surface area contributed by atoms with Crippen molar-refractivity contribution in [2.24, 2.45) is 0 Å². The lowest BCUT2D eigenvalue weighted by molar-refractivity contribution is -0.127. The molecule has 0 saturated carbocycles. The fourth-order valence-corrected chi connectivity index (χ4v) is 3.48. The number of hydrogen-bond donors (Lipinski definition) is 1. The average Bonchev–Trinajstić information content (AvgIpc) is 2.73. The summed E-state index contributed by atoms with van der Waals surface area (Å²) < 4.78 is 11.2. The van der Waals surface area contributed by atoms with Crippen LogP contribution >= 0.6 is 0 Å². The molecule has 1 atom stereocenters. The first-order valence-corrected chi connectivity index (χ1v) is 10.7. The lowest BCUT2D eigenvalue weighted by atomic mass is 9.87. The lowest BCUT2D eigenvalue weighted by Gasteiger charge is -2.26. The Labute approximate surface area is 180 Å². The van der Waals surface area contributed by atoms with Crippen molar-refractivity contribution in [2.45, 2.75) is 52.3 Å². The standard InChI is InChI=1S/C25H34N2O3/c1-19(30-23-10-8-22(9-11-23)25(2,3)4)24(28)26-17-20-6-5-7-21(16-20)18-27-12-14-29-15-13-27/h5-11,16,19H,12-15,17-18H2,1-4H3,(H,26,28)/t19-/m0/s1. The molecule has 1 amide bonds. The van der Waals surface area contributed by atoms with Gasteiger partial charge in [0.15, 0.2) is 6.10 Å². The predicted molar refractivity (Wildman–Crippen MR) is 120 cm³/mol. The van der Waals surface area contributed by atoms with Gasteiger partial charge >= 0.3 is 0 Å². The number of nitrogens with one attached hydrogen (secondary N) is 1. The Morgan fingerprint density at radius 3 is 2.43 bits per heavy atom. The fraction of sp³-hybridized carbons (Fsp3) is 0.480. The Hall–Kier alpha value is -2.37. The number of hydrogen-bond acceptors (Lipinski definition) is 4. The number of rotatable bonds is 7. The third-order valence-corrected chi connectivity index (χ3v) is 5.37. The van der Waals surface area contributed by atoms with E-state index in [9.17, 15) is 4.79 Å². The molecule has 0 spiro atoms. The molecule has 162 valence electrons. The van der Waals surface area contributed by atoms with E-state index in [0.29, 0.717) is 12.3 Å². The number of morpholine rings is 1. The monoisotopic (exact) mass is 410 g/mol. The highest BCUT2D eigenvalue weighted by Crippen LogP contribution is 2.24. The summed E-state index contributed by atoms with van der Waals surface area (Å²) in [5, 5.41) is 2.99. The highest BCUT2D eigenvalue weighted by atomic mass is 16.5. The van der Waals surface area contributed by atoms with E-state index >= 15 is 0 Å². The Morgan fingerprint density at radius 2 is 1.77 bits per heavy atom. The van der Waals surface area contributed by atoms with Crippen LogP contribution in [-0.2, 0) is 28.0 Å². The molecule has 1 N–H and O–H groups in total. The van der Waals surface area contributed by atoms with Gasteiger partial charge in [-0.3, -0.25) is 9.69 Å². The SMILES string of the molecule is C[C@H](Oc1ccc(C(C)(C)C)cc1)C(=O)NCc1cccc(CN2CCOCC2)c1. The summed E-state index contributed by atoms with van der Waals surface area (Å²) in [6.45, 7) is 13.2. The van der Waals surface area contributed by atoms with E-state index in [1.807, 2.05) is 24.3 Å². The molecule has 2 aromatic carbocycles.